The van der Waals surface area contributed by atoms with Gasteiger partial charge in [0.05, 0.1) is 0 Å². The average Bonchev–Trinajstić information content (AvgIpc) is 2.28. The van der Waals surface area contributed by atoms with Crippen LogP contribution < -0.4 is 10.9 Å². The largest absolute Gasteiger partial charge is 0.370 e. The Kier molecular flexibility index (Phi) is 5.55. The molecule has 0 amide bonds. The third kappa shape index (κ3) is 4.81. The molecule has 5 heteroatoms. The van der Waals surface area contributed by atoms with Crippen molar-refractivity contribution < 1.29 is 0 Å². The van der Waals surface area contributed by atoms with Gasteiger partial charge in [-0.2, -0.15) is 11.8 Å². The van der Waals surface area contributed by atoms with E-state index in [4.69, 9.17) is 0 Å². The highest BCUT2D eigenvalue weighted by molar-refractivity contribution is 7.99. The van der Waals surface area contributed by atoms with Crippen LogP contribution in [0.2, 0.25) is 0 Å². The van der Waals surface area contributed by atoms with E-state index in [1.165, 1.54) is 6.07 Å². The number of nitrogens with one attached hydrogen (secondary N) is 2. The number of hydrogen-bond acceptors (Lipinski definition) is 4. The molecule has 0 saturated carbocycles. The van der Waals surface area contributed by atoms with Crippen molar-refractivity contribution in [1.82, 2.24) is 9.97 Å². The van der Waals surface area contributed by atoms with Crippen LogP contribution in [0.3, 0.4) is 0 Å². The number of aromatic nitrogens is 2. The van der Waals surface area contributed by atoms with Crippen LogP contribution in [0.25, 0.3) is 0 Å². The molecule has 1 unspecified atom stereocenters. The normalized spacial score (nSPS) is 12.8. The molecule has 1 aromatic rings. The van der Waals surface area contributed by atoms with E-state index < -0.39 is 0 Å². The fraction of sp³-hybridized carbons (Fsp3) is 0.667. The fourth-order valence-electron chi connectivity index (χ4n) is 1.36. The summed E-state index contributed by atoms with van der Waals surface area (Å²) in [5.41, 5.74) is -0.0934. The zero-order valence-corrected chi connectivity index (χ0v) is 11.7. The lowest BCUT2D eigenvalue weighted by atomic mass is 10.2. The minimum atomic E-state index is -0.0934. The predicted octanol–water partition coefficient (Wildman–Crippen LogP) is 2.45. The minimum absolute atomic E-state index is 0.0934. The lowest BCUT2D eigenvalue weighted by molar-refractivity contribution is 0.764. The van der Waals surface area contributed by atoms with E-state index in [9.17, 15) is 4.79 Å². The molecule has 1 rings (SSSR count). The summed E-state index contributed by atoms with van der Waals surface area (Å²) in [5, 5.41) is 3.82. The summed E-state index contributed by atoms with van der Waals surface area (Å²) in [7, 11) is 0. The highest BCUT2D eigenvalue weighted by atomic mass is 32.2. The van der Waals surface area contributed by atoms with E-state index in [0.29, 0.717) is 11.1 Å². The summed E-state index contributed by atoms with van der Waals surface area (Å²) in [6.07, 6.45) is 3.17. The first-order chi connectivity index (χ1) is 8.02. The van der Waals surface area contributed by atoms with E-state index in [1.807, 2.05) is 25.6 Å². The van der Waals surface area contributed by atoms with Gasteiger partial charge in [0.25, 0.3) is 5.56 Å². The summed E-state index contributed by atoms with van der Waals surface area (Å²) < 4.78 is 0. The van der Waals surface area contributed by atoms with Crippen molar-refractivity contribution in [3.05, 3.63) is 22.2 Å². The molecule has 0 bridgehead atoms. The van der Waals surface area contributed by atoms with E-state index in [2.05, 4.69) is 28.5 Å². The Morgan fingerprint density at radius 1 is 1.47 bits per heavy atom. The van der Waals surface area contributed by atoms with Crippen molar-refractivity contribution in [3.8, 4) is 0 Å². The molecule has 0 radical (unpaired) electrons. The molecule has 0 aliphatic carbocycles. The Balaban J connectivity index is 2.62. The third-order valence-electron chi connectivity index (χ3n) is 2.57. The van der Waals surface area contributed by atoms with Gasteiger partial charge in [0.2, 0.25) is 0 Å². The number of aromatic amines is 1. The van der Waals surface area contributed by atoms with Crippen LogP contribution in [0.15, 0.2) is 10.9 Å². The quantitative estimate of drug-likeness (QED) is 0.820. The summed E-state index contributed by atoms with van der Waals surface area (Å²) in [6.45, 7) is 7.06. The molecular weight excluding hydrogens is 234 g/mol. The van der Waals surface area contributed by atoms with Crippen LogP contribution in [0.1, 0.15) is 38.9 Å². The number of nitrogens with zero attached hydrogens (tertiary/aromatic N) is 1. The van der Waals surface area contributed by atoms with Gasteiger partial charge in [-0.05, 0) is 12.7 Å². The van der Waals surface area contributed by atoms with Gasteiger partial charge in [0.15, 0.2) is 0 Å². The van der Waals surface area contributed by atoms with Crippen molar-refractivity contribution in [2.24, 2.45) is 0 Å². The molecule has 0 spiro atoms. The van der Waals surface area contributed by atoms with Crippen molar-refractivity contribution in [3.63, 3.8) is 0 Å². The van der Waals surface area contributed by atoms with Crippen LogP contribution in [-0.4, -0.2) is 28.0 Å². The van der Waals surface area contributed by atoms with Gasteiger partial charge in [0.1, 0.15) is 11.6 Å². The third-order valence-corrected chi connectivity index (χ3v) is 3.61. The van der Waals surface area contributed by atoms with Crippen LogP contribution in [0.5, 0.6) is 0 Å². The van der Waals surface area contributed by atoms with Crippen LogP contribution in [0.4, 0.5) is 5.82 Å². The standard InChI is InChI=1S/C12H21N3OS/c1-8(2)12-14-10(7-11(16)15-12)13-6-5-9(3)17-4/h7-9H,5-6H2,1-4H3,(H2,13,14,15,16). The molecule has 0 aromatic carbocycles. The maximum Gasteiger partial charge on any atom is 0.252 e. The van der Waals surface area contributed by atoms with Gasteiger partial charge in [0, 0.05) is 23.8 Å². The molecule has 4 nitrogen and oxygen atoms in total. The summed E-state index contributed by atoms with van der Waals surface area (Å²) in [6, 6.07) is 1.51. The van der Waals surface area contributed by atoms with Gasteiger partial charge in [-0.15, -0.1) is 0 Å². The maximum atomic E-state index is 11.4. The summed E-state index contributed by atoms with van der Waals surface area (Å²) in [5.74, 6) is 1.64. The smallest absolute Gasteiger partial charge is 0.252 e. The van der Waals surface area contributed by atoms with E-state index in [-0.39, 0.29) is 11.5 Å². The Labute approximate surface area is 107 Å². The highest BCUT2D eigenvalue weighted by Crippen LogP contribution is 2.11. The predicted molar refractivity (Wildman–Crippen MR) is 75.0 cm³/mol. The van der Waals surface area contributed by atoms with Crippen LogP contribution in [-0.2, 0) is 0 Å². The minimum Gasteiger partial charge on any atom is -0.370 e. The molecule has 2 N–H and O–H groups in total. The highest BCUT2D eigenvalue weighted by Gasteiger charge is 2.05. The van der Waals surface area contributed by atoms with Crippen LogP contribution >= 0.6 is 11.8 Å². The van der Waals surface area contributed by atoms with Gasteiger partial charge in [-0.25, -0.2) is 4.98 Å². The molecule has 0 aliphatic rings. The molecular formula is C12H21N3OS. The molecule has 17 heavy (non-hydrogen) atoms. The Morgan fingerprint density at radius 3 is 2.76 bits per heavy atom. The monoisotopic (exact) mass is 255 g/mol. The van der Waals surface area contributed by atoms with Gasteiger partial charge in [-0.3, -0.25) is 4.79 Å². The molecule has 0 fully saturated rings. The summed E-state index contributed by atoms with van der Waals surface area (Å²) >= 11 is 1.84. The number of H-pyrrole nitrogens is 1. The fourth-order valence-corrected chi connectivity index (χ4v) is 1.72. The van der Waals surface area contributed by atoms with Crippen molar-refractivity contribution >= 4 is 17.6 Å². The summed E-state index contributed by atoms with van der Waals surface area (Å²) in [4.78, 5) is 18.6. The second-order valence-corrected chi connectivity index (χ2v) is 5.71. The molecule has 96 valence electrons. The van der Waals surface area contributed by atoms with E-state index >= 15 is 0 Å². The topological polar surface area (TPSA) is 57.8 Å². The Bertz CT molecular complexity index is 403. The number of thioether (sulfide) groups is 1. The molecule has 1 aromatic heterocycles. The zero-order valence-electron chi connectivity index (χ0n) is 10.9. The second kappa shape index (κ2) is 6.69. The van der Waals surface area contributed by atoms with Gasteiger partial charge >= 0.3 is 0 Å². The second-order valence-electron chi connectivity index (χ2n) is 4.43. The number of anilines is 1. The first kappa shape index (κ1) is 14.1. The van der Waals surface area contributed by atoms with E-state index in [1.54, 1.807) is 0 Å². The average molecular weight is 255 g/mol. The number of rotatable bonds is 6. The first-order valence-corrected chi connectivity index (χ1v) is 7.19. The van der Waals surface area contributed by atoms with Gasteiger partial charge in [-0.1, -0.05) is 20.8 Å². The van der Waals surface area contributed by atoms with Crippen molar-refractivity contribution in [1.29, 1.82) is 0 Å². The molecule has 0 saturated heterocycles. The van der Waals surface area contributed by atoms with Crippen LogP contribution in [0, 0.1) is 0 Å². The first-order valence-electron chi connectivity index (χ1n) is 5.91. The zero-order chi connectivity index (χ0) is 12.8. The SMILES string of the molecule is CSC(C)CCNc1cc(=O)[nH]c(C(C)C)n1. The Hall–Kier alpha value is -0.970. The van der Waals surface area contributed by atoms with Gasteiger partial charge < -0.3 is 10.3 Å². The lowest BCUT2D eigenvalue weighted by Crippen LogP contribution is -2.16. The van der Waals surface area contributed by atoms with Crippen molar-refractivity contribution in [2.45, 2.75) is 38.4 Å². The maximum absolute atomic E-state index is 11.4. The number of hydrogen-bond donors (Lipinski definition) is 2. The lowest BCUT2D eigenvalue weighted by Gasteiger charge is -2.11. The molecule has 1 atom stereocenters. The van der Waals surface area contributed by atoms with Crippen molar-refractivity contribution in [2.75, 3.05) is 18.1 Å². The van der Waals surface area contributed by atoms with E-state index in [0.717, 1.165) is 18.8 Å². The Morgan fingerprint density at radius 2 is 2.18 bits per heavy atom. The molecule has 1 heterocycles. The molecule has 0 aliphatic heterocycles.